The second-order valence-electron chi connectivity index (χ2n) is 3.94. The van der Waals surface area contributed by atoms with Gasteiger partial charge in [0, 0.05) is 10.9 Å². The first-order valence-electron chi connectivity index (χ1n) is 5.34. The molecule has 0 saturated heterocycles. The summed E-state index contributed by atoms with van der Waals surface area (Å²) in [5.41, 5.74) is 6.43. The molecule has 2 rings (SSSR count). The Balaban J connectivity index is 2.02. The highest BCUT2D eigenvalue weighted by molar-refractivity contribution is 7.99. The van der Waals surface area contributed by atoms with Gasteiger partial charge in [0.1, 0.15) is 10.2 Å². The van der Waals surface area contributed by atoms with Gasteiger partial charge in [-0.2, -0.15) is 0 Å². The van der Waals surface area contributed by atoms with E-state index >= 15 is 0 Å². The fourth-order valence-corrected chi connectivity index (χ4v) is 3.44. The first kappa shape index (κ1) is 11.1. The number of thioether (sulfide) groups is 1. The van der Waals surface area contributed by atoms with E-state index in [1.807, 2.05) is 17.8 Å². The molecule has 1 aromatic heterocycles. The number of nitrogens with zero attached hydrogens (tertiary/aromatic N) is 1. The average molecular weight is 243 g/mol. The van der Waals surface area contributed by atoms with Crippen molar-refractivity contribution in [3.05, 3.63) is 17.3 Å². The molecular weight excluding hydrogens is 228 g/mol. The largest absolute Gasteiger partial charge is 0.399 e. The Bertz CT molecular complexity index is 317. The van der Waals surface area contributed by atoms with Crippen molar-refractivity contribution in [3.8, 4) is 0 Å². The van der Waals surface area contributed by atoms with Crippen molar-refractivity contribution in [3.63, 3.8) is 0 Å². The van der Waals surface area contributed by atoms with Crippen LogP contribution in [0, 0.1) is 0 Å². The summed E-state index contributed by atoms with van der Waals surface area (Å²) in [4.78, 5) is 4.28. The smallest absolute Gasteiger partial charge is 0.132 e. The van der Waals surface area contributed by atoms with Gasteiger partial charge in [0.15, 0.2) is 0 Å². The number of aromatic nitrogens is 1. The maximum Gasteiger partial charge on any atom is 0.132 e. The van der Waals surface area contributed by atoms with Crippen LogP contribution in [0.4, 0.5) is 5.69 Å². The Kier molecular flexibility index (Phi) is 3.76. The van der Waals surface area contributed by atoms with Crippen LogP contribution in [0.5, 0.6) is 0 Å². The molecule has 0 aromatic carbocycles. The number of nitrogens with two attached hydrogens (primary N) is 1. The molecule has 2 N–H and O–H groups in total. The molecule has 0 aliphatic heterocycles. The quantitative estimate of drug-likeness (QED) is 0.803. The van der Waals surface area contributed by atoms with E-state index in [1.54, 1.807) is 6.07 Å². The Hall–Kier alpha value is -0.410. The highest BCUT2D eigenvalue weighted by Crippen LogP contribution is 2.33. The molecule has 1 aliphatic rings. The molecule has 1 aromatic rings. The average Bonchev–Trinajstić information content (AvgIpc) is 2.17. The normalized spacial score (nSPS) is 17.9. The predicted molar refractivity (Wildman–Crippen MR) is 66.4 cm³/mol. The summed E-state index contributed by atoms with van der Waals surface area (Å²) in [5, 5.41) is 2.16. The van der Waals surface area contributed by atoms with E-state index in [0.29, 0.717) is 16.1 Å². The summed E-state index contributed by atoms with van der Waals surface area (Å²) >= 11 is 7.68. The fourth-order valence-electron chi connectivity index (χ4n) is 1.91. The summed E-state index contributed by atoms with van der Waals surface area (Å²) in [5.74, 6) is 0. The summed E-state index contributed by atoms with van der Waals surface area (Å²) in [6.07, 6.45) is 6.64. The summed E-state index contributed by atoms with van der Waals surface area (Å²) in [7, 11) is 0. The van der Waals surface area contributed by atoms with Crippen molar-refractivity contribution in [2.24, 2.45) is 0 Å². The Labute approximate surface area is 99.6 Å². The zero-order valence-corrected chi connectivity index (χ0v) is 10.2. The first-order valence-corrected chi connectivity index (χ1v) is 6.59. The Morgan fingerprint density at radius 1 is 1.27 bits per heavy atom. The van der Waals surface area contributed by atoms with E-state index < -0.39 is 0 Å². The van der Waals surface area contributed by atoms with E-state index in [9.17, 15) is 0 Å². The van der Waals surface area contributed by atoms with Gasteiger partial charge < -0.3 is 5.73 Å². The van der Waals surface area contributed by atoms with Crippen LogP contribution in [0.25, 0.3) is 0 Å². The minimum atomic E-state index is 0.494. The third-order valence-corrected chi connectivity index (χ3v) is 4.08. The van der Waals surface area contributed by atoms with Crippen LogP contribution >= 0.6 is 23.4 Å². The monoisotopic (exact) mass is 242 g/mol. The van der Waals surface area contributed by atoms with E-state index in [2.05, 4.69) is 4.98 Å². The van der Waals surface area contributed by atoms with Gasteiger partial charge in [0.2, 0.25) is 0 Å². The Morgan fingerprint density at radius 3 is 2.67 bits per heavy atom. The molecule has 0 atom stereocenters. The van der Waals surface area contributed by atoms with Crippen LogP contribution in [0.1, 0.15) is 32.1 Å². The van der Waals surface area contributed by atoms with Gasteiger partial charge in [0.05, 0.1) is 0 Å². The van der Waals surface area contributed by atoms with Gasteiger partial charge in [0.25, 0.3) is 0 Å². The van der Waals surface area contributed by atoms with Crippen molar-refractivity contribution in [1.29, 1.82) is 0 Å². The SMILES string of the molecule is Nc1cc(Cl)nc(SC2CCCCC2)c1. The summed E-state index contributed by atoms with van der Waals surface area (Å²) < 4.78 is 0. The van der Waals surface area contributed by atoms with Crippen molar-refractivity contribution in [2.45, 2.75) is 42.4 Å². The van der Waals surface area contributed by atoms with Gasteiger partial charge in [-0.05, 0) is 25.0 Å². The van der Waals surface area contributed by atoms with Crippen molar-refractivity contribution >= 4 is 29.1 Å². The second kappa shape index (κ2) is 5.08. The van der Waals surface area contributed by atoms with E-state index in [-0.39, 0.29) is 0 Å². The predicted octanol–water partition coefficient (Wildman–Crippen LogP) is 3.74. The number of rotatable bonds is 2. The van der Waals surface area contributed by atoms with Crippen LogP contribution in [-0.2, 0) is 0 Å². The van der Waals surface area contributed by atoms with Gasteiger partial charge >= 0.3 is 0 Å². The number of hydrogen-bond acceptors (Lipinski definition) is 3. The number of nitrogen functional groups attached to an aromatic ring is 1. The van der Waals surface area contributed by atoms with Crippen LogP contribution < -0.4 is 5.73 Å². The topological polar surface area (TPSA) is 38.9 Å². The van der Waals surface area contributed by atoms with Crippen LogP contribution in [-0.4, -0.2) is 10.2 Å². The molecule has 0 unspecified atom stereocenters. The molecule has 1 aliphatic carbocycles. The lowest BCUT2D eigenvalue weighted by atomic mass is 10.0. The van der Waals surface area contributed by atoms with Crippen molar-refractivity contribution < 1.29 is 0 Å². The molecule has 0 radical (unpaired) electrons. The third-order valence-electron chi connectivity index (χ3n) is 2.63. The fraction of sp³-hybridized carbons (Fsp3) is 0.545. The molecule has 0 amide bonds. The zero-order valence-electron chi connectivity index (χ0n) is 8.58. The van der Waals surface area contributed by atoms with Gasteiger partial charge in [-0.25, -0.2) is 4.98 Å². The summed E-state index contributed by atoms with van der Waals surface area (Å²) in [6, 6.07) is 3.59. The Morgan fingerprint density at radius 2 is 2.00 bits per heavy atom. The molecule has 0 spiro atoms. The van der Waals surface area contributed by atoms with E-state index in [1.165, 1.54) is 32.1 Å². The molecule has 0 bridgehead atoms. The van der Waals surface area contributed by atoms with E-state index in [4.69, 9.17) is 17.3 Å². The second-order valence-corrected chi connectivity index (χ2v) is 5.65. The first-order chi connectivity index (χ1) is 7.24. The van der Waals surface area contributed by atoms with Gasteiger partial charge in [-0.3, -0.25) is 0 Å². The van der Waals surface area contributed by atoms with E-state index in [0.717, 1.165) is 5.03 Å². The molecule has 1 saturated carbocycles. The number of halogens is 1. The van der Waals surface area contributed by atoms with Crippen LogP contribution in [0.15, 0.2) is 17.2 Å². The zero-order chi connectivity index (χ0) is 10.7. The van der Waals surface area contributed by atoms with Crippen molar-refractivity contribution in [2.75, 3.05) is 5.73 Å². The number of anilines is 1. The minimum Gasteiger partial charge on any atom is -0.399 e. The van der Waals surface area contributed by atoms with Crippen molar-refractivity contribution in [1.82, 2.24) is 4.98 Å². The standard InChI is InChI=1S/C11H15ClN2S/c12-10-6-8(13)7-11(14-10)15-9-4-2-1-3-5-9/h6-7,9H,1-5H2,(H2,13,14). The van der Waals surface area contributed by atoms with Gasteiger partial charge in [-0.1, -0.05) is 30.9 Å². The molecule has 2 nitrogen and oxygen atoms in total. The lowest BCUT2D eigenvalue weighted by Gasteiger charge is -2.20. The highest BCUT2D eigenvalue weighted by Gasteiger charge is 2.15. The van der Waals surface area contributed by atoms with Crippen LogP contribution in [0.3, 0.4) is 0 Å². The highest BCUT2D eigenvalue weighted by atomic mass is 35.5. The molecule has 1 heterocycles. The summed E-state index contributed by atoms with van der Waals surface area (Å²) in [6.45, 7) is 0. The number of pyridine rings is 1. The third kappa shape index (κ3) is 3.28. The molecule has 15 heavy (non-hydrogen) atoms. The lowest BCUT2D eigenvalue weighted by molar-refractivity contribution is 0.516. The minimum absolute atomic E-state index is 0.494. The number of hydrogen-bond donors (Lipinski definition) is 1. The maximum absolute atomic E-state index is 5.86. The molecular formula is C11H15ClN2S. The lowest BCUT2D eigenvalue weighted by Crippen LogP contribution is -2.08. The molecule has 4 heteroatoms. The van der Waals surface area contributed by atoms with Gasteiger partial charge in [-0.15, -0.1) is 11.8 Å². The molecule has 82 valence electrons. The molecule has 1 fully saturated rings. The maximum atomic E-state index is 5.86. The van der Waals surface area contributed by atoms with Crippen LogP contribution in [0.2, 0.25) is 5.15 Å².